The SMILES string of the molecule is CCC(CC)(c1ccccc1)c1ccc(OS(=O)(=O)C2=CC(=[N+]=[N-])C(=O)c3ccccc32)cc1. The average molecular weight is 473 g/mol. The molecule has 0 radical (unpaired) electrons. The van der Waals surface area contributed by atoms with Crippen LogP contribution in [0, 0.1) is 0 Å². The molecule has 7 heteroatoms. The molecule has 34 heavy (non-hydrogen) atoms. The Morgan fingerprint density at radius 3 is 1.97 bits per heavy atom. The van der Waals surface area contributed by atoms with E-state index in [4.69, 9.17) is 4.18 Å². The van der Waals surface area contributed by atoms with Crippen molar-refractivity contribution in [3.63, 3.8) is 0 Å². The molecule has 6 nitrogen and oxygen atoms in total. The molecule has 4 rings (SSSR count). The Hall–Kier alpha value is -3.80. The van der Waals surface area contributed by atoms with Crippen LogP contribution in [-0.4, -0.2) is 24.7 Å². The highest BCUT2D eigenvalue weighted by Crippen LogP contribution is 2.39. The molecule has 0 N–H and O–H groups in total. The van der Waals surface area contributed by atoms with E-state index in [2.05, 4.69) is 30.8 Å². The maximum absolute atomic E-state index is 13.2. The second-order valence-corrected chi connectivity index (χ2v) is 9.60. The van der Waals surface area contributed by atoms with Gasteiger partial charge in [0.25, 0.3) is 5.78 Å². The first-order valence-corrected chi connectivity index (χ1v) is 12.5. The number of Topliss-reactive ketones (excluding diaryl/α,β-unsaturated/α-hetero) is 1. The van der Waals surface area contributed by atoms with Crippen LogP contribution in [0.5, 0.6) is 5.75 Å². The fourth-order valence-corrected chi connectivity index (χ4v) is 5.73. The molecule has 0 aliphatic heterocycles. The van der Waals surface area contributed by atoms with Crippen molar-refractivity contribution in [3.8, 4) is 5.75 Å². The maximum atomic E-state index is 13.2. The summed E-state index contributed by atoms with van der Waals surface area (Å²) in [6, 6.07) is 23.5. The molecule has 1 aliphatic carbocycles. The van der Waals surface area contributed by atoms with Crippen LogP contribution in [0.2, 0.25) is 0 Å². The molecule has 0 aromatic heterocycles. The molecule has 0 atom stereocenters. The van der Waals surface area contributed by atoms with E-state index < -0.39 is 15.9 Å². The number of benzene rings is 3. The molecule has 1 aliphatic rings. The molecule has 0 fully saturated rings. The van der Waals surface area contributed by atoms with E-state index >= 15 is 0 Å². The maximum Gasteiger partial charge on any atom is 0.364 e. The number of carbonyl (C=O) groups is 1. The molecule has 3 aromatic rings. The van der Waals surface area contributed by atoms with Gasteiger partial charge < -0.3 is 9.71 Å². The van der Waals surface area contributed by atoms with Gasteiger partial charge in [0.2, 0.25) is 0 Å². The molecule has 3 aromatic carbocycles. The van der Waals surface area contributed by atoms with Crippen molar-refractivity contribution in [1.29, 1.82) is 0 Å². The van der Waals surface area contributed by atoms with Gasteiger partial charge in [-0.05, 0) is 36.1 Å². The van der Waals surface area contributed by atoms with Gasteiger partial charge in [-0.25, -0.2) is 0 Å². The van der Waals surface area contributed by atoms with Gasteiger partial charge in [0, 0.05) is 16.5 Å². The number of allylic oxidation sites excluding steroid dienone is 1. The highest BCUT2D eigenvalue weighted by atomic mass is 32.2. The summed E-state index contributed by atoms with van der Waals surface area (Å²) in [4.78, 5) is 15.1. The van der Waals surface area contributed by atoms with E-state index in [0.717, 1.165) is 24.5 Å². The van der Waals surface area contributed by atoms with Crippen LogP contribution < -0.4 is 4.18 Å². The van der Waals surface area contributed by atoms with Crippen LogP contribution >= 0.6 is 0 Å². The third kappa shape index (κ3) is 4.00. The predicted molar refractivity (Wildman–Crippen MR) is 131 cm³/mol. The summed E-state index contributed by atoms with van der Waals surface area (Å²) >= 11 is 0. The van der Waals surface area contributed by atoms with Crippen molar-refractivity contribution in [2.75, 3.05) is 0 Å². The Labute approximate surface area is 199 Å². The largest absolute Gasteiger partial charge is 0.379 e. The fraction of sp³-hybridized carbons (Fsp3) is 0.185. The van der Waals surface area contributed by atoms with Crippen molar-refractivity contribution in [1.82, 2.24) is 0 Å². The van der Waals surface area contributed by atoms with E-state index in [-0.39, 0.29) is 32.9 Å². The second kappa shape index (κ2) is 9.21. The minimum absolute atomic E-state index is 0.133. The first-order chi connectivity index (χ1) is 16.4. The first-order valence-electron chi connectivity index (χ1n) is 11.0. The third-order valence-corrected chi connectivity index (χ3v) is 7.75. The zero-order chi connectivity index (χ0) is 24.3. The van der Waals surface area contributed by atoms with Gasteiger partial charge in [-0.3, -0.25) is 4.79 Å². The molecule has 0 bridgehead atoms. The van der Waals surface area contributed by atoms with Crippen molar-refractivity contribution < 1.29 is 22.2 Å². The number of carbonyl (C=O) groups excluding carboxylic acids is 1. The van der Waals surface area contributed by atoms with Crippen molar-refractivity contribution in [2.24, 2.45) is 0 Å². The summed E-state index contributed by atoms with van der Waals surface area (Å²) in [5.74, 6) is -0.409. The zero-order valence-corrected chi connectivity index (χ0v) is 19.7. The zero-order valence-electron chi connectivity index (χ0n) is 18.9. The monoisotopic (exact) mass is 472 g/mol. The van der Waals surface area contributed by atoms with Gasteiger partial charge in [-0.15, -0.1) is 0 Å². The van der Waals surface area contributed by atoms with Crippen molar-refractivity contribution in [3.05, 3.63) is 113 Å². The molecule has 0 spiro atoms. The highest BCUT2D eigenvalue weighted by molar-refractivity contribution is 7.96. The summed E-state index contributed by atoms with van der Waals surface area (Å²) in [5, 5.41) is 0. The normalized spacial score (nSPS) is 13.6. The van der Waals surface area contributed by atoms with Crippen LogP contribution in [0.4, 0.5) is 0 Å². The average Bonchev–Trinajstić information content (AvgIpc) is 2.87. The van der Waals surface area contributed by atoms with Crippen LogP contribution in [0.1, 0.15) is 53.7 Å². The number of ketones is 1. The lowest BCUT2D eigenvalue weighted by Crippen LogP contribution is -2.26. The lowest BCUT2D eigenvalue weighted by atomic mass is 9.70. The molecule has 0 heterocycles. The van der Waals surface area contributed by atoms with Gasteiger partial charge in [0.15, 0.2) is 0 Å². The van der Waals surface area contributed by atoms with Crippen molar-refractivity contribution >= 4 is 26.5 Å². The number of hydrogen-bond acceptors (Lipinski definition) is 4. The topological polar surface area (TPSA) is 96.8 Å². The van der Waals surface area contributed by atoms with E-state index in [0.29, 0.717) is 0 Å². The van der Waals surface area contributed by atoms with E-state index in [1.54, 1.807) is 24.3 Å². The van der Waals surface area contributed by atoms with Crippen LogP contribution in [0.15, 0.2) is 84.9 Å². The van der Waals surface area contributed by atoms with Crippen LogP contribution in [0.25, 0.3) is 10.4 Å². The molecule has 172 valence electrons. The Morgan fingerprint density at radius 1 is 0.824 bits per heavy atom. The summed E-state index contributed by atoms with van der Waals surface area (Å²) in [7, 11) is -4.31. The minimum atomic E-state index is -4.31. The Balaban J connectivity index is 1.69. The molecule has 0 saturated heterocycles. The van der Waals surface area contributed by atoms with Gasteiger partial charge in [-0.2, -0.15) is 13.2 Å². The number of nitrogens with zero attached hydrogens (tertiary/aromatic N) is 2. The van der Waals surface area contributed by atoms with Crippen LogP contribution in [0.3, 0.4) is 0 Å². The lowest BCUT2D eigenvalue weighted by Gasteiger charge is -2.33. The second-order valence-electron chi connectivity index (χ2n) is 8.09. The summed E-state index contributed by atoms with van der Waals surface area (Å²) in [6.45, 7) is 4.28. The van der Waals surface area contributed by atoms with E-state index in [1.165, 1.54) is 17.7 Å². The summed E-state index contributed by atoms with van der Waals surface area (Å²) < 4.78 is 31.7. The Kier molecular flexibility index (Phi) is 6.33. The molecular weight excluding hydrogens is 448 g/mol. The third-order valence-electron chi connectivity index (χ3n) is 6.46. The van der Waals surface area contributed by atoms with E-state index in [9.17, 15) is 18.7 Å². The fourth-order valence-electron chi connectivity index (χ4n) is 4.57. The van der Waals surface area contributed by atoms with Crippen LogP contribution in [-0.2, 0) is 15.5 Å². The first kappa shape index (κ1) is 23.4. The van der Waals surface area contributed by atoms with Gasteiger partial charge in [-0.1, -0.05) is 80.6 Å². The molecule has 0 saturated carbocycles. The smallest absolute Gasteiger partial charge is 0.364 e. The van der Waals surface area contributed by atoms with E-state index in [1.807, 2.05) is 30.3 Å². The number of hydrogen-bond donors (Lipinski definition) is 0. The molecular formula is C27H24N2O4S. The molecule has 0 unspecified atom stereocenters. The van der Waals surface area contributed by atoms with Crippen molar-refractivity contribution in [2.45, 2.75) is 32.1 Å². The van der Waals surface area contributed by atoms with Gasteiger partial charge in [0.05, 0.1) is 6.08 Å². The minimum Gasteiger partial charge on any atom is -0.379 e. The summed E-state index contributed by atoms with van der Waals surface area (Å²) in [5.41, 5.74) is 11.2. The number of fused-ring (bicyclic) bond motifs is 1. The lowest BCUT2D eigenvalue weighted by molar-refractivity contribution is -0.00437. The predicted octanol–water partition coefficient (Wildman–Crippen LogP) is 5.41. The van der Waals surface area contributed by atoms with Gasteiger partial charge >= 0.3 is 15.8 Å². The Morgan fingerprint density at radius 2 is 1.38 bits per heavy atom. The summed E-state index contributed by atoms with van der Waals surface area (Å²) in [6.07, 6.45) is 2.79. The molecule has 0 amide bonds. The Bertz CT molecular complexity index is 1410. The highest BCUT2D eigenvalue weighted by Gasteiger charge is 2.36. The number of rotatable bonds is 7. The van der Waals surface area contributed by atoms with Gasteiger partial charge in [0.1, 0.15) is 10.7 Å². The quantitative estimate of drug-likeness (QED) is 0.261. The standard InChI is InChI=1S/C27H24N2O4S/c1-3-27(4-2,19-10-6-5-7-11-19)20-14-16-21(17-15-20)33-34(31,32)25-18-24(29-28)26(30)23-13-9-8-12-22(23)25/h5-18H,3-4H2,1-2H3.